The van der Waals surface area contributed by atoms with Crippen molar-refractivity contribution in [2.45, 2.75) is 44.2 Å². The van der Waals surface area contributed by atoms with Gasteiger partial charge in [0, 0.05) is 36.8 Å². The number of nitrogens with two attached hydrogens (primary N) is 1. The zero-order valence-corrected chi connectivity index (χ0v) is 26.8. The highest BCUT2D eigenvalue weighted by molar-refractivity contribution is 7.22. The number of benzene rings is 2. The van der Waals surface area contributed by atoms with Crippen molar-refractivity contribution in [3.8, 4) is 29.0 Å². The van der Waals surface area contributed by atoms with E-state index in [-0.39, 0.29) is 42.5 Å². The maximum Gasteiger partial charge on any atom is 0.319 e. The number of rotatable bonds is 7. The summed E-state index contributed by atoms with van der Waals surface area (Å²) in [5.41, 5.74) is 9.53. The van der Waals surface area contributed by atoms with Crippen molar-refractivity contribution in [3.05, 3.63) is 42.0 Å². The first-order chi connectivity index (χ1) is 22.7. The number of halogens is 2. The Bertz CT molecular complexity index is 1950. The molecule has 0 saturated carbocycles. The summed E-state index contributed by atoms with van der Waals surface area (Å²) in [4.78, 5) is 32.5. The van der Waals surface area contributed by atoms with Gasteiger partial charge in [0.25, 0.3) is 5.91 Å². The molecule has 0 bridgehead atoms. The number of carbonyl (C=O) groups is 1. The highest BCUT2D eigenvalue weighted by Crippen LogP contribution is 2.46. The van der Waals surface area contributed by atoms with Crippen LogP contribution in [0, 0.1) is 17.1 Å². The summed E-state index contributed by atoms with van der Waals surface area (Å²) in [7, 11) is 2.07. The van der Waals surface area contributed by atoms with E-state index < -0.39 is 17.8 Å². The second kappa shape index (κ2) is 12.5. The van der Waals surface area contributed by atoms with E-state index in [1.807, 2.05) is 11.0 Å². The SMILES string of the molecule is C=C(F)C(=O)N1CCN(c2nc(OCC3CCCN3C)nc3cc(-c4ccc(F)c5sc(N)nc45)c4c(c23)OCCC4)CC1CC#N. The number of piperazine rings is 1. The lowest BCUT2D eigenvalue weighted by Crippen LogP contribution is -2.55. The van der Waals surface area contributed by atoms with Crippen LogP contribution in [0.4, 0.5) is 19.7 Å². The minimum Gasteiger partial charge on any atom is -0.492 e. The van der Waals surface area contributed by atoms with Gasteiger partial charge in [-0.15, -0.1) is 0 Å². The first-order valence-corrected chi connectivity index (χ1v) is 16.5. The number of nitrogens with zero attached hydrogens (tertiary/aromatic N) is 7. The molecule has 0 aliphatic carbocycles. The van der Waals surface area contributed by atoms with Crippen molar-refractivity contribution in [2.24, 2.45) is 0 Å². The number of amides is 1. The molecule has 4 aromatic rings. The summed E-state index contributed by atoms with van der Waals surface area (Å²) in [6, 6.07) is 7.04. The van der Waals surface area contributed by atoms with E-state index in [0.717, 1.165) is 53.8 Å². The number of nitriles is 1. The van der Waals surface area contributed by atoms with Gasteiger partial charge in [-0.25, -0.2) is 13.8 Å². The smallest absolute Gasteiger partial charge is 0.319 e. The number of nitrogen functional groups attached to an aromatic ring is 1. The highest BCUT2D eigenvalue weighted by atomic mass is 32.1. The van der Waals surface area contributed by atoms with Crippen LogP contribution in [-0.2, 0) is 11.2 Å². The van der Waals surface area contributed by atoms with Gasteiger partial charge in [0.1, 0.15) is 24.0 Å². The molecule has 5 heterocycles. The van der Waals surface area contributed by atoms with Crippen molar-refractivity contribution >= 4 is 49.3 Å². The van der Waals surface area contributed by atoms with Gasteiger partial charge in [0.15, 0.2) is 11.0 Å². The molecule has 2 unspecified atom stereocenters. The van der Waals surface area contributed by atoms with Crippen LogP contribution < -0.4 is 20.1 Å². The minimum absolute atomic E-state index is 0.00595. The Labute approximate surface area is 274 Å². The number of carbonyl (C=O) groups excluding carboxylic acids is 1. The largest absolute Gasteiger partial charge is 0.492 e. The minimum atomic E-state index is -1.06. The van der Waals surface area contributed by atoms with E-state index in [1.165, 1.54) is 11.0 Å². The molecule has 3 aliphatic heterocycles. The third-order valence-electron chi connectivity index (χ3n) is 9.30. The molecule has 47 heavy (non-hydrogen) atoms. The van der Waals surface area contributed by atoms with E-state index in [4.69, 9.17) is 25.2 Å². The molecule has 1 amide bonds. The molecule has 7 rings (SSSR count). The molecule has 2 N–H and O–H groups in total. The van der Waals surface area contributed by atoms with E-state index in [2.05, 4.69) is 29.6 Å². The van der Waals surface area contributed by atoms with Crippen molar-refractivity contribution in [3.63, 3.8) is 0 Å². The van der Waals surface area contributed by atoms with Gasteiger partial charge in [-0.05, 0) is 63.0 Å². The summed E-state index contributed by atoms with van der Waals surface area (Å²) in [5, 5.41) is 10.5. The molecule has 0 spiro atoms. The summed E-state index contributed by atoms with van der Waals surface area (Å²) in [6.45, 7) is 5.79. The summed E-state index contributed by atoms with van der Waals surface area (Å²) < 4.78 is 41.8. The lowest BCUT2D eigenvalue weighted by atomic mass is 9.91. The second-order valence-corrected chi connectivity index (χ2v) is 13.2. The zero-order chi connectivity index (χ0) is 32.8. The number of anilines is 2. The van der Waals surface area contributed by atoms with E-state index in [9.17, 15) is 18.8 Å². The molecule has 2 saturated heterocycles. The molecular formula is C33H34F2N8O3S. The average molecular weight is 661 g/mol. The Morgan fingerprint density at radius 1 is 1.21 bits per heavy atom. The molecule has 2 fully saturated rings. The molecule has 2 atom stereocenters. The van der Waals surface area contributed by atoms with E-state index in [0.29, 0.717) is 58.9 Å². The normalized spacial score (nSPS) is 19.9. The molecule has 14 heteroatoms. The van der Waals surface area contributed by atoms with Crippen LogP contribution >= 0.6 is 11.3 Å². The van der Waals surface area contributed by atoms with Gasteiger partial charge in [0.05, 0.1) is 46.3 Å². The molecule has 11 nitrogen and oxygen atoms in total. The Morgan fingerprint density at radius 3 is 2.83 bits per heavy atom. The third-order valence-corrected chi connectivity index (χ3v) is 10.2. The van der Waals surface area contributed by atoms with Crippen LogP contribution in [0.2, 0.25) is 0 Å². The van der Waals surface area contributed by atoms with Crippen LogP contribution in [0.3, 0.4) is 0 Å². The van der Waals surface area contributed by atoms with Crippen LogP contribution in [0.15, 0.2) is 30.6 Å². The van der Waals surface area contributed by atoms with Gasteiger partial charge in [0.2, 0.25) is 0 Å². The predicted molar refractivity (Wildman–Crippen MR) is 176 cm³/mol. The van der Waals surface area contributed by atoms with Crippen molar-refractivity contribution in [1.82, 2.24) is 24.8 Å². The van der Waals surface area contributed by atoms with Crippen molar-refractivity contribution in [1.29, 1.82) is 5.26 Å². The quantitative estimate of drug-likeness (QED) is 0.275. The second-order valence-electron chi connectivity index (χ2n) is 12.2. The van der Waals surface area contributed by atoms with Crippen molar-refractivity contribution in [2.75, 3.05) is 57.1 Å². The first-order valence-electron chi connectivity index (χ1n) is 15.7. The van der Waals surface area contributed by atoms with Crippen molar-refractivity contribution < 1.29 is 23.0 Å². The maximum absolute atomic E-state index is 14.8. The highest BCUT2D eigenvalue weighted by Gasteiger charge is 2.35. The van der Waals surface area contributed by atoms with Crippen LogP contribution in [-0.4, -0.2) is 89.2 Å². The molecular weight excluding hydrogens is 626 g/mol. The maximum atomic E-state index is 14.8. The van der Waals surface area contributed by atoms with E-state index in [1.54, 1.807) is 6.07 Å². The Hall–Kier alpha value is -4.61. The number of aromatic nitrogens is 3. The fourth-order valence-corrected chi connectivity index (χ4v) is 7.71. The Kier molecular flexibility index (Phi) is 8.27. The summed E-state index contributed by atoms with van der Waals surface area (Å²) in [6.07, 6.45) is 3.57. The van der Waals surface area contributed by atoms with Gasteiger partial charge in [-0.3, -0.25) is 4.79 Å². The first kappa shape index (κ1) is 31.0. The number of fused-ring (bicyclic) bond motifs is 4. The number of hydrogen-bond donors (Lipinski definition) is 1. The van der Waals surface area contributed by atoms with Gasteiger partial charge < -0.3 is 29.9 Å². The van der Waals surface area contributed by atoms with Gasteiger partial charge in [-0.1, -0.05) is 17.9 Å². The average Bonchev–Trinajstić information content (AvgIpc) is 3.67. The number of thiazole rings is 1. The van der Waals surface area contributed by atoms with Crippen LogP contribution in [0.5, 0.6) is 11.8 Å². The summed E-state index contributed by atoms with van der Waals surface area (Å²) >= 11 is 1.10. The predicted octanol–water partition coefficient (Wildman–Crippen LogP) is 4.84. The molecule has 3 aliphatic rings. The summed E-state index contributed by atoms with van der Waals surface area (Å²) in [5.74, 6) is -1.10. The number of ether oxygens (including phenoxy) is 2. The number of likely N-dealkylation sites (N-methyl/N-ethyl adjacent to an activating group) is 1. The fourth-order valence-electron chi connectivity index (χ4n) is 6.95. The van der Waals surface area contributed by atoms with Crippen LogP contribution in [0.25, 0.3) is 32.2 Å². The molecule has 2 aromatic carbocycles. The van der Waals surface area contributed by atoms with Gasteiger partial charge >= 0.3 is 6.01 Å². The fraction of sp³-hybridized carbons (Fsp3) is 0.424. The molecule has 244 valence electrons. The topological polar surface area (TPSA) is 134 Å². The Morgan fingerprint density at radius 2 is 2.06 bits per heavy atom. The lowest BCUT2D eigenvalue weighted by Gasteiger charge is -2.41. The third kappa shape index (κ3) is 5.67. The van der Waals surface area contributed by atoms with Crippen LogP contribution in [0.1, 0.15) is 31.2 Å². The van der Waals surface area contributed by atoms with E-state index >= 15 is 0 Å². The zero-order valence-electron chi connectivity index (χ0n) is 26.0. The van der Waals surface area contributed by atoms with Gasteiger partial charge in [-0.2, -0.15) is 15.2 Å². The molecule has 0 radical (unpaired) electrons. The molecule has 2 aromatic heterocycles. The monoisotopic (exact) mass is 660 g/mol. The lowest BCUT2D eigenvalue weighted by molar-refractivity contribution is -0.131. The number of likely N-dealkylation sites (tertiary alicyclic amines) is 1. The Balaban J connectivity index is 1.39. The number of hydrogen-bond acceptors (Lipinski definition) is 11. The standard InChI is InChI=1S/C33H34F2N8O3S/c1-18(34)31(44)43-13-12-42(16-19(43)9-10-36)30-26-25(38-33(40-30)46-17-20-5-3-11-41(20)2)15-23(22-6-4-14-45-28(22)26)21-7-8-24(35)29-27(21)39-32(37)47-29/h7-8,15,19-20H,1,3-6,9,11-14,16-17H2,2H3,(H2,37,39).